The first-order valence-electron chi connectivity index (χ1n) is 12.8. The molecule has 1 atom stereocenters. The smallest absolute Gasteiger partial charge is 0.342 e. The van der Waals surface area contributed by atoms with Crippen LogP contribution in [0.2, 0.25) is 5.02 Å². The Hall–Kier alpha value is -3.47. The normalized spacial score (nSPS) is 18.3. The standard InChI is InChI=1S/C27H25ClF4N5O3S/c1-2-11-39-21-8-6-7-16(28)24(21)22-13-17(35-40-22)19-15-41-27(33-19)37(9-4-3-5-10-37)23(38)14-36-20(26(31)32)12-18(34-36)25(29)30/h1,6-8,12,15,22,25-26H,3-5,9-11,13-14H2/q+1. The van der Waals surface area contributed by atoms with Crippen molar-refractivity contribution in [3.05, 3.63) is 57.3 Å². The number of thiazole rings is 1. The minimum Gasteiger partial charge on any atom is -0.480 e. The van der Waals surface area contributed by atoms with E-state index in [1.807, 2.05) is 0 Å². The summed E-state index contributed by atoms with van der Waals surface area (Å²) in [7, 11) is 0. The van der Waals surface area contributed by atoms with Crippen LogP contribution in [-0.4, -0.2) is 46.1 Å². The van der Waals surface area contributed by atoms with Crippen LogP contribution in [0.5, 0.6) is 5.75 Å². The summed E-state index contributed by atoms with van der Waals surface area (Å²) in [4.78, 5) is 24.1. The molecule has 0 radical (unpaired) electrons. The predicted molar refractivity (Wildman–Crippen MR) is 145 cm³/mol. The Morgan fingerprint density at radius 1 is 1.24 bits per heavy atom. The Bertz CT molecular complexity index is 1500. The number of likely N-dealkylation sites (tertiary alicyclic amines) is 1. The van der Waals surface area contributed by atoms with Crippen LogP contribution in [0, 0.1) is 12.3 Å². The van der Waals surface area contributed by atoms with Gasteiger partial charge in [-0.1, -0.05) is 40.1 Å². The Morgan fingerprint density at radius 2 is 2.02 bits per heavy atom. The van der Waals surface area contributed by atoms with Gasteiger partial charge in [0.05, 0.1) is 23.7 Å². The van der Waals surface area contributed by atoms with E-state index in [0.717, 1.165) is 6.42 Å². The molecular weight excluding hydrogens is 586 g/mol. The number of aromatic nitrogens is 3. The highest BCUT2D eigenvalue weighted by atomic mass is 35.5. The molecule has 4 heterocycles. The molecule has 0 bridgehead atoms. The van der Waals surface area contributed by atoms with Gasteiger partial charge in [0.1, 0.15) is 35.1 Å². The van der Waals surface area contributed by atoms with Gasteiger partial charge in [0, 0.05) is 11.8 Å². The molecule has 1 amide bonds. The van der Waals surface area contributed by atoms with Crippen molar-refractivity contribution < 1.29 is 31.9 Å². The lowest BCUT2D eigenvalue weighted by Gasteiger charge is -2.36. The molecule has 14 heteroatoms. The van der Waals surface area contributed by atoms with Crippen molar-refractivity contribution in [3.8, 4) is 18.1 Å². The van der Waals surface area contributed by atoms with Crippen LogP contribution >= 0.6 is 22.9 Å². The number of carbonyl (C=O) groups is 1. The number of piperidine rings is 1. The van der Waals surface area contributed by atoms with Crippen molar-refractivity contribution in [2.24, 2.45) is 5.16 Å². The lowest BCUT2D eigenvalue weighted by molar-refractivity contribution is -0.132. The molecule has 0 aliphatic carbocycles. The van der Waals surface area contributed by atoms with Crippen LogP contribution in [0.1, 0.15) is 67.3 Å². The summed E-state index contributed by atoms with van der Waals surface area (Å²) in [5.74, 6) is 2.44. The SMILES string of the molecule is C#CCOc1cccc(Cl)c1C1CC(c2csc([N+]3(C(=O)Cn4nc(C(F)F)cc4C(F)F)CCCCC3)n2)=NO1. The summed E-state index contributed by atoms with van der Waals surface area (Å²) in [5.41, 5.74) is 0.128. The molecule has 1 fully saturated rings. The molecular formula is C27H25ClF4N5O3S+. The Kier molecular flexibility index (Phi) is 8.63. The van der Waals surface area contributed by atoms with Crippen LogP contribution in [0.15, 0.2) is 34.8 Å². The Morgan fingerprint density at radius 3 is 2.73 bits per heavy atom. The van der Waals surface area contributed by atoms with Crippen LogP contribution in [-0.2, 0) is 16.2 Å². The summed E-state index contributed by atoms with van der Waals surface area (Å²) >= 11 is 7.69. The molecule has 0 N–H and O–H groups in total. The highest BCUT2D eigenvalue weighted by molar-refractivity contribution is 7.13. The van der Waals surface area contributed by atoms with E-state index in [-0.39, 0.29) is 11.1 Å². The number of benzene rings is 1. The number of ether oxygens (including phenoxy) is 1. The summed E-state index contributed by atoms with van der Waals surface area (Å²) in [6.45, 7) is 0.276. The molecule has 8 nitrogen and oxygen atoms in total. The van der Waals surface area contributed by atoms with Gasteiger partial charge in [-0.3, -0.25) is 0 Å². The zero-order valence-electron chi connectivity index (χ0n) is 21.6. The topological polar surface area (TPSA) is 78.6 Å². The fourth-order valence-corrected chi connectivity index (χ4v) is 6.41. The number of alkyl halides is 4. The van der Waals surface area contributed by atoms with Gasteiger partial charge in [-0.2, -0.15) is 10.1 Å². The van der Waals surface area contributed by atoms with Crippen molar-refractivity contribution in [1.29, 1.82) is 0 Å². The van der Waals surface area contributed by atoms with E-state index in [1.165, 1.54) is 11.3 Å². The van der Waals surface area contributed by atoms with Gasteiger partial charge in [-0.05, 0) is 37.5 Å². The van der Waals surface area contributed by atoms with E-state index in [9.17, 15) is 22.4 Å². The van der Waals surface area contributed by atoms with Gasteiger partial charge < -0.3 is 9.57 Å². The minimum atomic E-state index is -3.06. The number of hydrogen-bond donors (Lipinski definition) is 0. The van der Waals surface area contributed by atoms with E-state index in [4.69, 9.17) is 32.6 Å². The third-order valence-corrected chi connectivity index (χ3v) is 8.41. The summed E-state index contributed by atoms with van der Waals surface area (Å²) in [6.07, 6.45) is 1.33. The van der Waals surface area contributed by atoms with Crippen LogP contribution < -0.4 is 9.22 Å². The van der Waals surface area contributed by atoms with Crippen molar-refractivity contribution in [2.45, 2.75) is 51.2 Å². The molecule has 2 aromatic heterocycles. The second-order valence-corrected chi connectivity index (χ2v) is 10.9. The number of nitrogens with zero attached hydrogens (tertiary/aromatic N) is 5. The van der Waals surface area contributed by atoms with E-state index < -0.39 is 42.8 Å². The molecule has 1 saturated heterocycles. The fraction of sp³-hybridized carbons (Fsp3) is 0.407. The predicted octanol–water partition coefficient (Wildman–Crippen LogP) is 6.46. The fourth-order valence-electron chi connectivity index (χ4n) is 5.08. The molecule has 0 saturated carbocycles. The second-order valence-electron chi connectivity index (χ2n) is 9.62. The average molecular weight is 611 g/mol. The minimum absolute atomic E-state index is 0.0536. The lowest BCUT2D eigenvalue weighted by atomic mass is 10.0. The number of rotatable bonds is 9. The third-order valence-electron chi connectivity index (χ3n) is 7.09. The van der Waals surface area contributed by atoms with Crippen molar-refractivity contribution in [2.75, 3.05) is 19.7 Å². The molecule has 2 aliphatic heterocycles. The zero-order chi connectivity index (χ0) is 29.1. The van der Waals surface area contributed by atoms with E-state index in [2.05, 4.69) is 16.2 Å². The number of carbonyl (C=O) groups excluding carboxylic acids is 1. The van der Waals surface area contributed by atoms with Crippen molar-refractivity contribution in [3.63, 3.8) is 0 Å². The number of hydrogen-bond acceptors (Lipinski definition) is 7. The quantitative estimate of drug-likeness (QED) is 0.158. The summed E-state index contributed by atoms with van der Waals surface area (Å²) in [5, 5.41) is 10.5. The van der Waals surface area contributed by atoms with Gasteiger partial charge in [0.25, 0.3) is 18.0 Å². The number of terminal acetylenes is 1. The first kappa shape index (κ1) is 29.0. The number of halogens is 5. The van der Waals surface area contributed by atoms with Crippen molar-refractivity contribution >= 4 is 39.7 Å². The van der Waals surface area contributed by atoms with E-state index in [1.54, 1.807) is 23.6 Å². The van der Waals surface area contributed by atoms with Crippen LogP contribution in [0.4, 0.5) is 22.7 Å². The second kappa shape index (κ2) is 12.2. The largest absolute Gasteiger partial charge is 0.480 e. The average Bonchev–Trinajstić information content (AvgIpc) is 3.72. The van der Waals surface area contributed by atoms with Crippen LogP contribution in [0.3, 0.4) is 0 Å². The van der Waals surface area contributed by atoms with E-state index >= 15 is 0 Å². The number of amides is 1. The first-order valence-corrected chi connectivity index (χ1v) is 14.1. The monoisotopic (exact) mass is 610 g/mol. The zero-order valence-corrected chi connectivity index (χ0v) is 23.2. The molecule has 216 valence electrons. The maximum Gasteiger partial charge on any atom is 0.342 e. The van der Waals surface area contributed by atoms with Gasteiger partial charge >= 0.3 is 5.91 Å². The van der Waals surface area contributed by atoms with Gasteiger partial charge in [0.15, 0.2) is 12.6 Å². The van der Waals surface area contributed by atoms with Crippen LogP contribution in [0.25, 0.3) is 0 Å². The maximum absolute atomic E-state index is 13.7. The highest BCUT2D eigenvalue weighted by Gasteiger charge is 2.44. The molecule has 0 spiro atoms. The van der Waals surface area contributed by atoms with Gasteiger partial charge in [-0.15, -0.1) is 6.42 Å². The lowest BCUT2D eigenvalue weighted by Crippen LogP contribution is -2.58. The molecule has 3 aromatic rings. The molecule has 1 aromatic carbocycles. The molecule has 1 unspecified atom stereocenters. The number of oxime groups is 1. The van der Waals surface area contributed by atoms with Crippen molar-refractivity contribution in [1.82, 2.24) is 19.2 Å². The third kappa shape index (κ3) is 5.82. The Balaban J connectivity index is 1.39. The maximum atomic E-state index is 13.7. The van der Waals surface area contributed by atoms with Gasteiger partial charge in [0.2, 0.25) is 0 Å². The number of quaternary nitrogens is 1. The van der Waals surface area contributed by atoms with Gasteiger partial charge in [-0.25, -0.2) is 31.5 Å². The van der Waals surface area contributed by atoms with E-state index in [0.29, 0.717) is 76.0 Å². The molecule has 5 rings (SSSR count). The molecule has 2 aliphatic rings. The first-order chi connectivity index (χ1) is 19.7. The molecule has 41 heavy (non-hydrogen) atoms. The summed E-state index contributed by atoms with van der Waals surface area (Å²) in [6, 6.07) is 5.82. The Labute approximate surface area is 242 Å². The summed E-state index contributed by atoms with van der Waals surface area (Å²) < 4.78 is 59.6. The highest BCUT2D eigenvalue weighted by Crippen LogP contribution is 2.41.